The summed E-state index contributed by atoms with van der Waals surface area (Å²) in [5.74, 6) is -0.966. The van der Waals surface area contributed by atoms with Crippen LogP contribution in [0, 0.1) is 0 Å². The Morgan fingerprint density at radius 3 is 1.94 bits per heavy atom. The van der Waals surface area contributed by atoms with Crippen molar-refractivity contribution in [3.8, 4) is 0 Å². The van der Waals surface area contributed by atoms with Gasteiger partial charge in [0.05, 0.1) is 0 Å². The van der Waals surface area contributed by atoms with E-state index >= 15 is 0 Å². The van der Waals surface area contributed by atoms with Crippen molar-refractivity contribution in [1.29, 1.82) is 0 Å². The number of nitrogens with one attached hydrogen (secondary N) is 1. The van der Waals surface area contributed by atoms with Crippen molar-refractivity contribution in [2.75, 3.05) is 14.2 Å². The minimum Gasteiger partial charge on any atom is -0.369 e. The maximum Gasteiger partial charge on any atom is 0.245 e. The first-order valence-electron chi connectivity index (χ1n) is 4.51. The Hall–Kier alpha value is -1.70. The van der Waals surface area contributed by atoms with Crippen LogP contribution >= 0.6 is 0 Å². The third-order valence-corrected chi connectivity index (χ3v) is 1.40. The molecule has 1 atom stereocenters. The summed E-state index contributed by atoms with van der Waals surface area (Å²) in [6, 6.07) is 0. The Morgan fingerprint density at radius 1 is 1.29 bits per heavy atom. The van der Waals surface area contributed by atoms with Crippen LogP contribution < -0.4 is 11.1 Å². The molecule has 0 radical (unpaired) electrons. The highest BCUT2D eigenvalue weighted by molar-refractivity contribution is 5.86. The summed E-state index contributed by atoms with van der Waals surface area (Å²) in [7, 11) is 2.72. The normalized spacial score (nSPS) is 10.8. The number of carbonyl (C=O) groups is 2. The molecule has 17 heavy (non-hydrogen) atoms. The highest BCUT2D eigenvalue weighted by atomic mass is 16.7. The molecular weight excluding hydrogens is 228 g/mol. The molecule has 0 aromatic rings. The number of ether oxygens (including phenoxy) is 2. The SMILES string of the molecule is C=CC(=O)NC(O)C(OC)OC.C=CC(N)=O. The lowest BCUT2D eigenvalue weighted by atomic mass is 10.5. The molecule has 1 unspecified atom stereocenters. The van der Waals surface area contributed by atoms with E-state index in [0.29, 0.717) is 0 Å². The van der Waals surface area contributed by atoms with Crippen LogP contribution in [-0.4, -0.2) is 43.7 Å². The van der Waals surface area contributed by atoms with Gasteiger partial charge >= 0.3 is 0 Å². The number of amides is 2. The lowest BCUT2D eigenvalue weighted by molar-refractivity contribution is -0.175. The molecule has 0 aromatic heterocycles. The average molecular weight is 246 g/mol. The van der Waals surface area contributed by atoms with E-state index in [1.807, 2.05) is 0 Å². The van der Waals surface area contributed by atoms with Gasteiger partial charge in [0.25, 0.3) is 0 Å². The summed E-state index contributed by atoms with van der Waals surface area (Å²) in [6.07, 6.45) is 0.0467. The monoisotopic (exact) mass is 246 g/mol. The van der Waals surface area contributed by atoms with Gasteiger partial charge in [-0.1, -0.05) is 13.2 Å². The highest BCUT2D eigenvalue weighted by Gasteiger charge is 2.18. The van der Waals surface area contributed by atoms with Gasteiger partial charge in [0, 0.05) is 14.2 Å². The molecule has 7 heteroatoms. The summed E-state index contributed by atoms with van der Waals surface area (Å²) in [5.41, 5.74) is 4.53. The van der Waals surface area contributed by atoms with Gasteiger partial charge in [-0.15, -0.1) is 0 Å². The van der Waals surface area contributed by atoms with Crippen LogP contribution in [0.25, 0.3) is 0 Å². The van der Waals surface area contributed by atoms with Crippen LogP contribution in [-0.2, 0) is 19.1 Å². The second-order valence-corrected chi connectivity index (χ2v) is 2.60. The first-order valence-corrected chi connectivity index (χ1v) is 4.51. The predicted molar refractivity (Wildman–Crippen MR) is 61.5 cm³/mol. The molecule has 2 amide bonds. The first-order chi connectivity index (χ1) is 7.92. The second-order valence-electron chi connectivity index (χ2n) is 2.60. The quantitative estimate of drug-likeness (QED) is 0.406. The Kier molecular flexibility index (Phi) is 11.2. The summed E-state index contributed by atoms with van der Waals surface area (Å²) in [4.78, 5) is 20.1. The van der Waals surface area contributed by atoms with Crippen molar-refractivity contribution in [1.82, 2.24) is 5.32 Å². The molecule has 0 aliphatic heterocycles. The fourth-order valence-corrected chi connectivity index (χ4v) is 0.627. The summed E-state index contributed by atoms with van der Waals surface area (Å²) < 4.78 is 9.37. The van der Waals surface area contributed by atoms with Crippen LogP contribution in [0.2, 0.25) is 0 Å². The predicted octanol–water partition coefficient (Wildman–Crippen LogP) is -1.12. The van der Waals surface area contributed by atoms with E-state index in [4.69, 9.17) is 0 Å². The molecule has 0 rings (SSSR count). The third kappa shape index (κ3) is 10.6. The van der Waals surface area contributed by atoms with Crippen LogP contribution in [0.5, 0.6) is 0 Å². The lowest BCUT2D eigenvalue weighted by Gasteiger charge is -2.19. The van der Waals surface area contributed by atoms with E-state index < -0.39 is 24.3 Å². The molecular formula is C10H18N2O5. The van der Waals surface area contributed by atoms with Crippen molar-refractivity contribution in [3.63, 3.8) is 0 Å². The van der Waals surface area contributed by atoms with E-state index in [-0.39, 0.29) is 0 Å². The van der Waals surface area contributed by atoms with E-state index in [1.54, 1.807) is 0 Å². The largest absolute Gasteiger partial charge is 0.369 e. The molecule has 0 fully saturated rings. The number of primary amides is 1. The minimum absolute atomic E-state index is 0.481. The molecule has 7 nitrogen and oxygen atoms in total. The number of carbonyl (C=O) groups excluding carboxylic acids is 2. The van der Waals surface area contributed by atoms with Gasteiger partial charge in [0.15, 0.2) is 6.23 Å². The molecule has 98 valence electrons. The van der Waals surface area contributed by atoms with Crippen LogP contribution in [0.15, 0.2) is 25.3 Å². The second kappa shape index (κ2) is 10.8. The van der Waals surface area contributed by atoms with Crippen molar-refractivity contribution in [2.24, 2.45) is 5.73 Å². The fourth-order valence-electron chi connectivity index (χ4n) is 0.627. The number of methoxy groups -OCH3 is 2. The van der Waals surface area contributed by atoms with Crippen molar-refractivity contribution in [3.05, 3.63) is 25.3 Å². The molecule has 0 aromatic carbocycles. The Morgan fingerprint density at radius 2 is 1.71 bits per heavy atom. The lowest BCUT2D eigenvalue weighted by Crippen LogP contribution is -2.44. The van der Waals surface area contributed by atoms with Crippen LogP contribution in [0.3, 0.4) is 0 Å². The Balaban J connectivity index is 0. The summed E-state index contributed by atoms with van der Waals surface area (Å²) in [6.45, 7) is 6.31. The first kappa shape index (κ1) is 17.7. The Labute approximate surface area is 99.9 Å². The molecule has 0 bridgehead atoms. The number of hydrogen-bond donors (Lipinski definition) is 3. The van der Waals surface area contributed by atoms with Gasteiger partial charge < -0.3 is 25.6 Å². The zero-order chi connectivity index (χ0) is 13.8. The summed E-state index contributed by atoms with van der Waals surface area (Å²) in [5, 5.41) is 11.4. The summed E-state index contributed by atoms with van der Waals surface area (Å²) >= 11 is 0. The number of hydrogen-bond acceptors (Lipinski definition) is 5. The van der Waals surface area contributed by atoms with E-state index in [1.165, 1.54) is 14.2 Å². The van der Waals surface area contributed by atoms with E-state index in [2.05, 4.69) is 33.7 Å². The minimum atomic E-state index is -1.19. The average Bonchev–Trinajstić information content (AvgIpc) is 2.31. The molecule has 0 aliphatic carbocycles. The van der Waals surface area contributed by atoms with Gasteiger partial charge in [0.1, 0.15) is 0 Å². The fraction of sp³-hybridized carbons (Fsp3) is 0.400. The zero-order valence-electron chi connectivity index (χ0n) is 9.88. The smallest absolute Gasteiger partial charge is 0.245 e. The van der Waals surface area contributed by atoms with Gasteiger partial charge in [-0.2, -0.15) is 0 Å². The molecule has 4 N–H and O–H groups in total. The van der Waals surface area contributed by atoms with Gasteiger partial charge in [-0.3, -0.25) is 9.59 Å². The standard InChI is InChI=1S/C7H13NO4.C3H5NO/c1-4-5(9)8-6(10)7(11-2)12-3;1-2-3(4)5/h4,6-7,10H,1H2,2-3H3,(H,8,9);2H,1H2,(H2,4,5). The number of aliphatic hydroxyl groups excluding tert-OH is 1. The van der Waals surface area contributed by atoms with Gasteiger partial charge in [-0.25, -0.2) is 0 Å². The third-order valence-electron chi connectivity index (χ3n) is 1.40. The highest BCUT2D eigenvalue weighted by Crippen LogP contribution is 1.95. The van der Waals surface area contributed by atoms with E-state index in [0.717, 1.165) is 12.2 Å². The number of aliphatic hydroxyl groups is 1. The van der Waals surface area contributed by atoms with Crippen molar-refractivity contribution >= 4 is 11.8 Å². The van der Waals surface area contributed by atoms with Crippen LogP contribution in [0.1, 0.15) is 0 Å². The van der Waals surface area contributed by atoms with Crippen LogP contribution in [0.4, 0.5) is 0 Å². The van der Waals surface area contributed by atoms with Gasteiger partial charge in [-0.05, 0) is 12.2 Å². The van der Waals surface area contributed by atoms with E-state index in [9.17, 15) is 14.7 Å². The zero-order valence-corrected chi connectivity index (χ0v) is 9.88. The topological polar surface area (TPSA) is 111 Å². The maximum atomic E-state index is 10.7. The van der Waals surface area contributed by atoms with Crippen molar-refractivity contribution < 1.29 is 24.2 Å². The number of nitrogens with two attached hydrogens (primary N) is 1. The number of rotatable bonds is 6. The molecule has 0 spiro atoms. The molecule has 0 heterocycles. The Bertz CT molecular complexity index is 263. The van der Waals surface area contributed by atoms with Crippen molar-refractivity contribution in [2.45, 2.75) is 12.5 Å². The van der Waals surface area contributed by atoms with Gasteiger partial charge in [0.2, 0.25) is 18.1 Å². The maximum absolute atomic E-state index is 10.7. The molecule has 0 aliphatic rings. The molecule has 0 saturated heterocycles. The molecule has 0 saturated carbocycles.